The third-order valence-electron chi connectivity index (χ3n) is 3.88. The first-order chi connectivity index (χ1) is 7.08. The highest BCUT2D eigenvalue weighted by Crippen LogP contribution is 2.40. The molecule has 0 aliphatic heterocycles. The standard InChI is InChI=1S/C13H28N2/c1-5-13(8-6-7-9-13)11-14-12(2)10-15(3)4/h12,14H,5-11H2,1-4H3. The molecule has 2 heteroatoms. The lowest BCUT2D eigenvalue weighted by Gasteiger charge is -2.30. The van der Waals surface area contributed by atoms with E-state index in [9.17, 15) is 0 Å². The molecule has 1 fully saturated rings. The minimum absolute atomic E-state index is 0.615. The van der Waals surface area contributed by atoms with Crippen LogP contribution >= 0.6 is 0 Å². The summed E-state index contributed by atoms with van der Waals surface area (Å²) in [5.74, 6) is 0. The van der Waals surface area contributed by atoms with Crippen molar-refractivity contribution in [2.45, 2.75) is 52.0 Å². The van der Waals surface area contributed by atoms with Crippen LogP contribution < -0.4 is 5.32 Å². The fourth-order valence-electron chi connectivity index (χ4n) is 2.78. The van der Waals surface area contributed by atoms with Crippen LogP contribution in [0.5, 0.6) is 0 Å². The minimum atomic E-state index is 0.615. The van der Waals surface area contributed by atoms with E-state index in [0.717, 1.165) is 6.54 Å². The van der Waals surface area contributed by atoms with Crippen LogP contribution in [0.3, 0.4) is 0 Å². The maximum atomic E-state index is 3.71. The van der Waals surface area contributed by atoms with Gasteiger partial charge < -0.3 is 10.2 Å². The Morgan fingerprint density at radius 2 is 1.87 bits per heavy atom. The molecule has 0 aromatic heterocycles. The van der Waals surface area contributed by atoms with Gasteiger partial charge in [0.15, 0.2) is 0 Å². The Kier molecular flexibility index (Phi) is 5.07. The van der Waals surface area contributed by atoms with Gasteiger partial charge >= 0.3 is 0 Å². The maximum absolute atomic E-state index is 3.71. The van der Waals surface area contributed by atoms with Gasteiger partial charge in [0.1, 0.15) is 0 Å². The van der Waals surface area contributed by atoms with E-state index in [1.807, 2.05) is 0 Å². The average molecular weight is 212 g/mol. The van der Waals surface area contributed by atoms with Gasteiger partial charge in [0.25, 0.3) is 0 Å². The molecule has 1 N–H and O–H groups in total. The molecule has 2 nitrogen and oxygen atoms in total. The summed E-state index contributed by atoms with van der Waals surface area (Å²) in [7, 11) is 4.28. The first-order valence-corrected chi connectivity index (χ1v) is 6.46. The fraction of sp³-hybridized carbons (Fsp3) is 1.00. The Labute approximate surface area is 95.4 Å². The molecule has 0 amide bonds. The van der Waals surface area contributed by atoms with E-state index >= 15 is 0 Å². The largest absolute Gasteiger partial charge is 0.312 e. The smallest absolute Gasteiger partial charge is 0.0166 e. The van der Waals surface area contributed by atoms with Crippen molar-refractivity contribution >= 4 is 0 Å². The molecule has 0 aromatic carbocycles. The molecule has 1 atom stereocenters. The van der Waals surface area contributed by atoms with Crippen LogP contribution in [-0.4, -0.2) is 38.1 Å². The normalized spacial score (nSPS) is 22.2. The van der Waals surface area contributed by atoms with Crippen molar-refractivity contribution in [1.29, 1.82) is 0 Å². The Bertz CT molecular complexity index is 171. The summed E-state index contributed by atoms with van der Waals surface area (Å²) in [5.41, 5.74) is 0.626. The Hall–Kier alpha value is -0.0800. The minimum Gasteiger partial charge on any atom is -0.312 e. The van der Waals surface area contributed by atoms with Crippen molar-refractivity contribution in [2.75, 3.05) is 27.2 Å². The monoisotopic (exact) mass is 212 g/mol. The summed E-state index contributed by atoms with van der Waals surface area (Å²) in [4.78, 5) is 2.25. The van der Waals surface area contributed by atoms with E-state index in [4.69, 9.17) is 0 Å². The third-order valence-corrected chi connectivity index (χ3v) is 3.88. The topological polar surface area (TPSA) is 15.3 Å². The van der Waals surface area contributed by atoms with E-state index in [-0.39, 0.29) is 0 Å². The number of nitrogens with zero attached hydrogens (tertiary/aromatic N) is 1. The fourth-order valence-corrected chi connectivity index (χ4v) is 2.78. The van der Waals surface area contributed by atoms with Crippen molar-refractivity contribution in [3.8, 4) is 0 Å². The zero-order valence-corrected chi connectivity index (χ0v) is 11.0. The number of likely N-dealkylation sites (N-methyl/N-ethyl adjacent to an activating group) is 1. The Balaban J connectivity index is 2.28. The maximum Gasteiger partial charge on any atom is 0.0166 e. The first kappa shape index (κ1) is 13.0. The second kappa shape index (κ2) is 5.86. The van der Waals surface area contributed by atoms with Gasteiger partial charge in [-0.05, 0) is 45.7 Å². The zero-order chi connectivity index (χ0) is 11.3. The van der Waals surface area contributed by atoms with Gasteiger partial charge in [-0.3, -0.25) is 0 Å². The average Bonchev–Trinajstić information content (AvgIpc) is 2.63. The molecule has 0 spiro atoms. The van der Waals surface area contributed by atoms with Crippen LogP contribution in [0.25, 0.3) is 0 Å². The highest BCUT2D eigenvalue weighted by atomic mass is 15.1. The van der Waals surface area contributed by atoms with Gasteiger partial charge in [-0.2, -0.15) is 0 Å². The van der Waals surface area contributed by atoms with E-state index in [0.29, 0.717) is 11.5 Å². The second-order valence-corrected chi connectivity index (χ2v) is 5.60. The molecule has 0 radical (unpaired) electrons. The quantitative estimate of drug-likeness (QED) is 0.728. The van der Waals surface area contributed by atoms with Gasteiger partial charge in [-0.1, -0.05) is 19.8 Å². The van der Waals surface area contributed by atoms with Crippen LogP contribution in [-0.2, 0) is 0 Å². The summed E-state index contributed by atoms with van der Waals surface area (Å²) in [6.07, 6.45) is 7.10. The highest BCUT2D eigenvalue weighted by Gasteiger charge is 2.31. The molecular formula is C13H28N2. The molecule has 90 valence electrons. The van der Waals surface area contributed by atoms with E-state index in [1.165, 1.54) is 38.6 Å². The van der Waals surface area contributed by atoms with Crippen LogP contribution in [0.2, 0.25) is 0 Å². The summed E-state index contributed by atoms with van der Waals surface area (Å²) < 4.78 is 0. The Morgan fingerprint density at radius 1 is 1.27 bits per heavy atom. The van der Waals surface area contributed by atoms with Crippen molar-refractivity contribution in [1.82, 2.24) is 10.2 Å². The molecule has 1 rings (SSSR count). The molecule has 0 heterocycles. The molecule has 0 aromatic rings. The number of hydrogen-bond donors (Lipinski definition) is 1. The summed E-state index contributed by atoms with van der Waals surface area (Å²) in [5, 5.41) is 3.71. The van der Waals surface area contributed by atoms with Gasteiger partial charge in [0, 0.05) is 19.1 Å². The predicted octanol–water partition coefficient (Wildman–Crippen LogP) is 2.50. The number of rotatable bonds is 6. The SMILES string of the molecule is CCC1(CNC(C)CN(C)C)CCCC1. The summed E-state index contributed by atoms with van der Waals surface area (Å²) in [6.45, 7) is 7.00. The van der Waals surface area contributed by atoms with Gasteiger partial charge in [-0.25, -0.2) is 0 Å². The van der Waals surface area contributed by atoms with E-state index < -0.39 is 0 Å². The van der Waals surface area contributed by atoms with Crippen molar-refractivity contribution in [3.05, 3.63) is 0 Å². The molecule has 0 saturated heterocycles. The molecular weight excluding hydrogens is 184 g/mol. The van der Waals surface area contributed by atoms with Gasteiger partial charge in [-0.15, -0.1) is 0 Å². The van der Waals surface area contributed by atoms with Crippen molar-refractivity contribution < 1.29 is 0 Å². The molecule has 1 saturated carbocycles. The van der Waals surface area contributed by atoms with Crippen LogP contribution in [0, 0.1) is 5.41 Å². The third kappa shape index (κ3) is 4.12. The van der Waals surface area contributed by atoms with E-state index in [1.54, 1.807) is 0 Å². The molecule has 0 bridgehead atoms. The van der Waals surface area contributed by atoms with Gasteiger partial charge in [0.2, 0.25) is 0 Å². The lowest BCUT2D eigenvalue weighted by molar-refractivity contribution is 0.244. The van der Waals surface area contributed by atoms with Crippen LogP contribution in [0.4, 0.5) is 0 Å². The molecule has 1 aliphatic carbocycles. The molecule has 1 unspecified atom stereocenters. The number of nitrogens with one attached hydrogen (secondary N) is 1. The second-order valence-electron chi connectivity index (χ2n) is 5.60. The van der Waals surface area contributed by atoms with Crippen LogP contribution in [0.15, 0.2) is 0 Å². The van der Waals surface area contributed by atoms with E-state index in [2.05, 4.69) is 38.2 Å². The lowest BCUT2D eigenvalue weighted by atomic mass is 9.83. The predicted molar refractivity (Wildman–Crippen MR) is 67.2 cm³/mol. The first-order valence-electron chi connectivity index (χ1n) is 6.46. The molecule has 1 aliphatic rings. The van der Waals surface area contributed by atoms with Gasteiger partial charge in [0.05, 0.1) is 0 Å². The lowest BCUT2D eigenvalue weighted by Crippen LogP contribution is -2.41. The highest BCUT2D eigenvalue weighted by molar-refractivity contribution is 4.86. The molecule has 15 heavy (non-hydrogen) atoms. The Morgan fingerprint density at radius 3 is 2.33 bits per heavy atom. The summed E-state index contributed by atoms with van der Waals surface area (Å²) >= 11 is 0. The summed E-state index contributed by atoms with van der Waals surface area (Å²) in [6, 6.07) is 0.615. The zero-order valence-electron chi connectivity index (χ0n) is 11.0. The number of hydrogen-bond acceptors (Lipinski definition) is 2. The van der Waals surface area contributed by atoms with Crippen molar-refractivity contribution in [3.63, 3.8) is 0 Å². The van der Waals surface area contributed by atoms with Crippen molar-refractivity contribution in [2.24, 2.45) is 5.41 Å². The van der Waals surface area contributed by atoms with Crippen LogP contribution in [0.1, 0.15) is 46.0 Å².